The summed E-state index contributed by atoms with van der Waals surface area (Å²) in [5.41, 5.74) is 2.51. The molecule has 0 bridgehead atoms. The van der Waals surface area contributed by atoms with Crippen molar-refractivity contribution in [1.82, 2.24) is 5.32 Å². The van der Waals surface area contributed by atoms with Gasteiger partial charge in [0.1, 0.15) is 0 Å². The highest BCUT2D eigenvalue weighted by atomic mass is 32.2. The minimum Gasteiger partial charge on any atom is -0.312 e. The van der Waals surface area contributed by atoms with E-state index in [0.717, 1.165) is 5.75 Å². The Morgan fingerprint density at radius 1 is 1.40 bits per heavy atom. The van der Waals surface area contributed by atoms with Gasteiger partial charge in [-0.05, 0) is 25.1 Å². The Bertz CT molecular complexity index is 338. The molecule has 0 aliphatic rings. The molecule has 0 heterocycles. The Hall–Kier alpha value is -0.670. The van der Waals surface area contributed by atoms with Gasteiger partial charge < -0.3 is 5.32 Å². The molecule has 0 saturated heterocycles. The zero-order chi connectivity index (χ0) is 11.3. The first kappa shape index (κ1) is 12.4. The second-order valence-electron chi connectivity index (χ2n) is 3.59. The van der Waals surface area contributed by atoms with Gasteiger partial charge in [0.05, 0.1) is 0 Å². The lowest BCUT2D eigenvalue weighted by atomic mass is 10.0. The molecule has 84 valence electrons. The van der Waals surface area contributed by atoms with Crippen molar-refractivity contribution in [1.29, 1.82) is 0 Å². The number of hydrogen-bond acceptors (Lipinski definition) is 2. The van der Waals surface area contributed by atoms with Crippen LogP contribution in [-0.2, 0) is 10.8 Å². The minimum absolute atomic E-state index is 0.201. The molecule has 0 radical (unpaired) electrons. The van der Waals surface area contributed by atoms with Crippen molar-refractivity contribution in [3.8, 4) is 0 Å². The first-order valence-corrected chi connectivity index (χ1v) is 6.75. The van der Waals surface area contributed by atoms with E-state index in [1.54, 1.807) is 0 Å². The van der Waals surface area contributed by atoms with E-state index in [0.29, 0.717) is 5.75 Å². The maximum atomic E-state index is 11.5. The van der Waals surface area contributed by atoms with Crippen molar-refractivity contribution in [2.45, 2.75) is 19.9 Å². The summed E-state index contributed by atoms with van der Waals surface area (Å²) in [6, 6.07) is 8.45. The normalized spacial score (nSPS) is 14.9. The molecule has 0 saturated carbocycles. The highest BCUT2D eigenvalue weighted by Crippen LogP contribution is 2.17. The van der Waals surface area contributed by atoms with Crippen LogP contribution in [0.2, 0.25) is 0 Å². The van der Waals surface area contributed by atoms with Crippen molar-refractivity contribution in [2.75, 3.05) is 18.6 Å². The third kappa shape index (κ3) is 3.43. The molecule has 1 rings (SSSR count). The molecule has 2 nitrogen and oxygen atoms in total. The van der Waals surface area contributed by atoms with E-state index in [1.165, 1.54) is 11.1 Å². The van der Waals surface area contributed by atoms with Gasteiger partial charge in [-0.2, -0.15) is 0 Å². The number of benzene rings is 1. The van der Waals surface area contributed by atoms with Crippen molar-refractivity contribution >= 4 is 10.8 Å². The zero-order valence-electron chi connectivity index (χ0n) is 9.62. The van der Waals surface area contributed by atoms with Crippen molar-refractivity contribution < 1.29 is 4.21 Å². The zero-order valence-corrected chi connectivity index (χ0v) is 10.4. The van der Waals surface area contributed by atoms with E-state index in [4.69, 9.17) is 0 Å². The van der Waals surface area contributed by atoms with E-state index in [1.807, 2.05) is 26.1 Å². The van der Waals surface area contributed by atoms with Gasteiger partial charge in [0.2, 0.25) is 0 Å². The predicted molar refractivity (Wildman–Crippen MR) is 66.5 cm³/mol. The lowest BCUT2D eigenvalue weighted by Crippen LogP contribution is -2.24. The Kier molecular flexibility index (Phi) is 4.99. The van der Waals surface area contributed by atoms with Crippen LogP contribution in [-0.4, -0.2) is 22.8 Å². The van der Waals surface area contributed by atoms with Crippen LogP contribution in [0, 0.1) is 6.92 Å². The van der Waals surface area contributed by atoms with Crippen LogP contribution in [0.25, 0.3) is 0 Å². The van der Waals surface area contributed by atoms with Crippen LogP contribution in [0.15, 0.2) is 24.3 Å². The fourth-order valence-corrected chi connectivity index (χ4v) is 2.56. The Balaban J connectivity index is 2.83. The molecule has 1 aromatic carbocycles. The van der Waals surface area contributed by atoms with E-state index in [2.05, 4.69) is 24.4 Å². The van der Waals surface area contributed by atoms with Gasteiger partial charge in [-0.1, -0.05) is 31.2 Å². The van der Waals surface area contributed by atoms with E-state index in [-0.39, 0.29) is 6.04 Å². The average molecular weight is 225 g/mol. The number of rotatable bonds is 5. The minimum atomic E-state index is -0.728. The molecule has 0 aromatic heterocycles. The van der Waals surface area contributed by atoms with E-state index < -0.39 is 10.8 Å². The van der Waals surface area contributed by atoms with Crippen molar-refractivity contribution in [3.63, 3.8) is 0 Å². The highest BCUT2D eigenvalue weighted by molar-refractivity contribution is 7.84. The Labute approximate surface area is 94.5 Å². The van der Waals surface area contributed by atoms with Gasteiger partial charge in [0.15, 0.2) is 0 Å². The van der Waals surface area contributed by atoms with Crippen LogP contribution in [0.4, 0.5) is 0 Å². The Morgan fingerprint density at radius 2 is 2.07 bits per heavy atom. The van der Waals surface area contributed by atoms with Crippen molar-refractivity contribution in [3.05, 3.63) is 35.4 Å². The summed E-state index contributed by atoms with van der Waals surface area (Å²) in [7, 11) is 1.19. The molecule has 1 aromatic rings. The largest absolute Gasteiger partial charge is 0.312 e. The smallest absolute Gasteiger partial charge is 0.0437 e. The molecule has 2 atom stereocenters. The van der Waals surface area contributed by atoms with Crippen LogP contribution in [0.5, 0.6) is 0 Å². The van der Waals surface area contributed by atoms with Crippen LogP contribution in [0.3, 0.4) is 0 Å². The molecule has 0 spiro atoms. The number of nitrogens with one attached hydrogen (secondary N) is 1. The van der Waals surface area contributed by atoms with Gasteiger partial charge >= 0.3 is 0 Å². The van der Waals surface area contributed by atoms with Gasteiger partial charge in [0, 0.05) is 28.3 Å². The summed E-state index contributed by atoms with van der Waals surface area (Å²) in [5.74, 6) is 1.42. The number of aryl methyl sites for hydroxylation is 1. The fourth-order valence-electron chi connectivity index (χ4n) is 1.61. The predicted octanol–water partition coefficient (Wildman–Crippen LogP) is 2.02. The first-order chi connectivity index (χ1) is 7.19. The maximum Gasteiger partial charge on any atom is 0.0437 e. The standard InChI is InChI=1S/C12H19NOS/c1-4-15(14)9-12(13-3)11-8-6-5-7-10(11)2/h5-8,12-13H,4,9H2,1-3H3. The molecule has 3 heteroatoms. The lowest BCUT2D eigenvalue weighted by Gasteiger charge is -2.17. The van der Waals surface area contributed by atoms with Gasteiger partial charge in [0.25, 0.3) is 0 Å². The molecule has 1 N–H and O–H groups in total. The summed E-state index contributed by atoms with van der Waals surface area (Å²) in [5, 5.41) is 3.23. The van der Waals surface area contributed by atoms with E-state index in [9.17, 15) is 4.21 Å². The van der Waals surface area contributed by atoms with Crippen LogP contribution >= 0.6 is 0 Å². The molecular formula is C12H19NOS. The topological polar surface area (TPSA) is 29.1 Å². The molecule has 0 aliphatic heterocycles. The average Bonchev–Trinajstić information content (AvgIpc) is 2.26. The number of hydrogen-bond donors (Lipinski definition) is 1. The van der Waals surface area contributed by atoms with Gasteiger partial charge in [-0.15, -0.1) is 0 Å². The second-order valence-corrected chi connectivity index (χ2v) is 5.38. The summed E-state index contributed by atoms with van der Waals surface area (Å²) >= 11 is 0. The molecule has 0 amide bonds. The monoisotopic (exact) mass is 225 g/mol. The second kappa shape index (κ2) is 6.03. The van der Waals surface area contributed by atoms with Crippen molar-refractivity contribution in [2.24, 2.45) is 0 Å². The third-order valence-corrected chi connectivity index (χ3v) is 3.94. The van der Waals surface area contributed by atoms with Crippen LogP contribution in [0.1, 0.15) is 24.1 Å². The van der Waals surface area contributed by atoms with Gasteiger partial charge in [-0.3, -0.25) is 4.21 Å². The summed E-state index contributed by atoms with van der Waals surface area (Å²) < 4.78 is 11.5. The Morgan fingerprint density at radius 3 is 2.60 bits per heavy atom. The van der Waals surface area contributed by atoms with E-state index >= 15 is 0 Å². The fraction of sp³-hybridized carbons (Fsp3) is 0.500. The highest BCUT2D eigenvalue weighted by Gasteiger charge is 2.13. The molecule has 0 fully saturated rings. The quantitative estimate of drug-likeness (QED) is 0.830. The first-order valence-electron chi connectivity index (χ1n) is 5.26. The summed E-state index contributed by atoms with van der Waals surface area (Å²) in [4.78, 5) is 0. The molecule has 2 unspecified atom stereocenters. The molecule has 15 heavy (non-hydrogen) atoms. The molecular weight excluding hydrogens is 206 g/mol. The third-order valence-electron chi connectivity index (χ3n) is 2.59. The maximum absolute atomic E-state index is 11.5. The SMILES string of the molecule is CCS(=O)CC(NC)c1ccccc1C. The molecule has 0 aliphatic carbocycles. The summed E-state index contributed by atoms with van der Waals surface area (Å²) in [6.45, 7) is 4.05. The lowest BCUT2D eigenvalue weighted by molar-refractivity contribution is 0.634. The summed E-state index contributed by atoms with van der Waals surface area (Å²) in [6.07, 6.45) is 0. The van der Waals surface area contributed by atoms with Gasteiger partial charge in [-0.25, -0.2) is 0 Å². The van der Waals surface area contributed by atoms with Crippen LogP contribution < -0.4 is 5.32 Å².